The maximum atomic E-state index is 5.35. The van der Waals surface area contributed by atoms with Crippen LogP contribution in [0.15, 0.2) is 30.6 Å². The molecular weight excluding hydrogens is 366 g/mol. The summed E-state index contributed by atoms with van der Waals surface area (Å²) < 4.78 is 9.36. The van der Waals surface area contributed by atoms with Gasteiger partial charge in [0.2, 0.25) is 5.95 Å². The van der Waals surface area contributed by atoms with Crippen LogP contribution in [0.25, 0.3) is 27.9 Å². The van der Waals surface area contributed by atoms with Gasteiger partial charge in [0.15, 0.2) is 5.65 Å². The Morgan fingerprint density at radius 1 is 1.21 bits per heavy atom. The first kappa shape index (κ1) is 16.9. The van der Waals surface area contributed by atoms with Gasteiger partial charge in [-0.05, 0) is 44.9 Å². The molecule has 1 saturated carbocycles. The molecule has 2 fully saturated rings. The lowest BCUT2D eigenvalue weighted by atomic mass is 9.64. The van der Waals surface area contributed by atoms with Gasteiger partial charge in [-0.15, -0.1) is 5.10 Å². The Kier molecular flexibility index (Phi) is 3.50. The van der Waals surface area contributed by atoms with Gasteiger partial charge < -0.3 is 14.6 Å². The maximum Gasteiger partial charge on any atom is 0.241 e. The van der Waals surface area contributed by atoms with Crippen molar-refractivity contribution >= 4 is 22.6 Å². The van der Waals surface area contributed by atoms with Crippen molar-refractivity contribution in [2.45, 2.75) is 39.3 Å². The zero-order valence-electron chi connectivity index (χ0n) is 16.6. The third-order valence-electron chi connectivity index (χ3n) is 6.30. The van der Waals surface area contributed by atoms with E-state index in [-0.39, 0.29) is 0 Å². The summed E-state index contributed by atoms with van der Waals surface area (Å²) in [7, 11) is 0. The van der Waals surface area contributed by atoms with E-state index in [1.165, 1.54) is 0 Å². The van der Waals surface area contributed by atoms with E-state index in [4.69, 9.17) is 9.72 Å². The molecule has 4 aromatic rings. The molecule has 0 atom stereocenters. The quantitative estimate of drug-likeness (QED) is 0.578. The molecule has 8 nitrogen and oxygen atoms in total. The molecule has 0 unspecified atom stereocenters. The highest BCUT2D eigenvalue weighted by atomic mass is 16.5. The maximum absolute atomic E-state index is 5.35. The molecule has 4 aromatic heterocycles. The standard InChI is InChI=1S/C21H23N7O/c1-3-27-13(2)23-17-5-4-16(25-19(17)27)15-6-7-28-18(15)10-22-20(26-28)24-14-8-21(9-14)11-29-12-21/h4-7,10,14H,3,8-9,11-12H2,1-2H3,(H,24,26). The number of hydrogen-bond acceptors (Lipinski definition) is 6. The number of ether oxygens (including phenoxy) is 1. The predicted molar refractivity (Wildman–Crippen MR) is 110 cm³/mol. The number of aromatic nitrogens is 6. The molecule has 1 aliphatic heterocycles. The lowest BCUT2D eigenvalue weighted by molar-refractivity contribution is -0.160. The second-order valence-corrected chi connectivity index (χ2v) is 8.33. The normalized spacial score (nSPS) is 18.3. The first-order chi connectivity index (χ1) is 14.1. The van der Waals surface area contributed by atoms with Crippen molar-refractivity contribution in [2.75, 3.05) is 18.5 Å². The molecular formula is C21H23N7O. The van der Waals surface area contributed by atoms with Crippen LogP contribution in [0.1, 0.15) is 25.6 Å². The topological polar surface area (TPSA) is 82.2 Å². The van der Waals surface area contributed by atoms with Crippen molar-refractivity contribution in [1.29, 1.82) is 0 Å². The number of aryl methyl sites for hydroxylation is 2. The van der Waals surface area contributed by atoms with Gasteiger partial charge in [0.05, 0.1) is 30.6 Å². The Hall–Kier alpha value is -3.00. The fourth-order valence-electron chi connectivity index (χ4n) is 4.72. The van der Waals surface area contributed by atoms with Gasteiger partial charge >= 0.3 is 0 Å². The molecule has 2 aliphatic rings. The summed E-state index contributed by atoms with van der Waals surface area (Å²) in [6.45, 7) is 6.78. The summed E-state index contributed by atoms with van der Waals surface area (Å²) >= 11 is 0. The molecule has 1 N–H and O–H groups in total. The number of nitrogens with zero attached hydrogens (tertiary/aromatic N) is 6. The van der Waals surface area contributed by atoms with Gasteiger partial charge in [0, 0.05) is 29.8 Å². The van der Waals surface area contributed by atoms with E-state index in [9.17, 15) is 0 Å². The number of anilines is 1. The van der Waals surface area contributed by atoms with Crippen LogP contribution in [0.4, 0.5) is 5.95 Å². The molecule has 1 saturated heterocycles. The number of pyridine rings is 1. The summed E-state index contributed by atoms with van der Waals surface area (Å²) in [6.07, 6.45) is 6.12. The Balaban J connectivity index is 1.30. The predicted octanol–water partition coefficient (Wildman–Crippen LogP) is 3.06. The van der Waals surface area contributed by atoms with Crippen molar-refractivity contribution in [3.05, 3.63) is 36.4 Å². The molecule has 1 aliphatic carbocycles. The van der Waals surface area contributed by atoms with Gasteiger partial charge in [-0.2, -0.15) is 0 Å². The number of imidazole rings is 1. The second-order valence-electron chi connectivity index (χ2n) is 8.33. The minimum Gasteiger partial charge on any atom is -0.380 e. The highest BCUT2D eigenvalue weighted by Gasteiger charge is 2.49. The third-order valence-corrected chi connectivity index (χ3v) is 6.30. The highest BCUT2D eigenvalue weighted by Crippen LogP contribution is 2.47. The summed E-state index contributed by atoms with van der Waals surface area (Å²) in [5, 5.41) is 8.11. The van der Waals surface area contributed by atoms with Gasteiger partial charge in [-0.1, -0.05) is 0 Å². The van der Waals surface area contributed by atoms with Crippen molar-refractivity contribution in [3.8, 4) is 11.3 Å². The largest absolute Gasteiger partial charge is 0.380 e. The molecule has 8 heteroatoms. The van der Waals surface area contributed by atoms with E-state index in [1.807, 2.05) is 42.0 Å². The molecule has 1 spiro atoms. The molecule has 0 radical (unpaired) electrons. The average molecular weight is 389 g/mol. The van der Waals surface area contributed by atoms with Crippen molar-refractivity contribution in [1.82, 2.24) is 29.1 Å². The van der Waals surface area contributed by atoms with Crippen LogP contribution in [-0.2, 0) is 11.3 Å². The fraction of sp³-hybridized carbons (Fsp3) is 0.429. The van der Waals surface area contributed by atoms with Gasteiger partial charge in [-0.25, -0.2) is 19.5 Å². The van der Waals surface area contributed by atoms with E-state index in [1.54, 1.807) is 0 Å². The molecule has 148 valence electrons. The lowest BCUT2D eigenvalue weighted by Gasteiger charge is -2.53. The monoisotopic (exact) mass is 389 g/mol. The van der Waals surface area contributed by atoms with Crippen LogP contribution in [0.2, 0.25) is 0 Å². The number of hydrogen-bond donors (Lipinski definition) is 1. The van der Waals surface area contributed by atoms with E-state index in [0.717, 1.165) is 66.4 Å². The first-order valence-electron chi connectivity index (χ1n) is 10.2. The van der Waals surface area contributed by atoms with Crippen LogP contribution in [-0.4, -0.2) is 48.4 Å². The minimum absolute atomic E-state index is 0.427. The van der Waals surface area contributed by atoms with Crippen molar-refractivity contribution < 1.29 is 4.74 Å². The van der Waals surface area contributed by atoms with Crippen molar-refractivity contribution in [3.63, 3.8) is 0 Å². The van der Waals surface area contributed by atoms with Gasteiger partial charge in [0.1, 0.15) is 11.3 Å². The van der Waals surface area contributed by atoms with E-state index in [0.29, 0.717) is 17.4 Å². The fourth-order valence-corrected chi connectivity index (χ4v) is 4.72. The molecule has 6 rings (SSSR count). The molecule has 0 bridgehead atoms. The molecule has 29 heavy (non-hydrogen) atoms. The summed E-state index contributed by atoms with van der Waals surface area (Å²) in [5.74, 6) is 1.65. The van der Waals surface area contributed by atoms with Gasteiger partial charge in [-0.3, -0.25) is 0 Å². The molecule has 0 amide bonds. The lowest BCUT2D eigenvalue weighted by Crippen LogP contribution is -2.56. The van der Waals surface area contributed by atoms with Crippen molar-refractivity contribution in [2.24, 2.45) is 5.41 Å². The van der Waals surface area contributed by atoms with Crippen LogP contribution in [0, 0.1) is 12.3 Å². The highest BCUT2D eigenvalue weighted by molar-refractivity contribution is 5.82. The summed E-state index contributed by atoms with van der Waals surface area (Å²) in [4.78, 5) is 14.0. The second kappa shape index (κ2) is 6.00. The van der Waals surface area contributed by atoms with E-state index in [2.05, 4.69) is 31.9 Å². The molecule has 0 aromatic carbocycles. The van der Waals surface area contributed by atoms with Crippen LogP contribution >= 0.6 is 0 Å². The Morgan fingerprint density at radius 3 is 2.83 bits per heavy atom. The zero-order valence-corrected chi connectivity index (χ0v) is 16.6. The molecule has 5 heterocycles. The van der Waals surface area contributed by atoms with Crippen LogP contribution in [0.5, 0.6) is 0 Å². The summed E-state index contributed by atoms with van der Waals surface area (Å²) in [5.41, 5.74) is 5.14. The number of fused-ring (bicyclic) bond motifs is 2. The van der Waals surface area contributed by atoms with Crippen LogP contribution < -0.4 is 5.32 Å². The number of rotatable bonds is 4. The first-order valence-corrected chi connectivity index (χ1v) is 10.2. The van der Waals surface area contributed by atoms with Crippen LogP contribution in [0.3, 0.4) is 0 Å². The Labute approximate surface area is 167 Å². The number of nitrogens with one attached hydrogen (secondary N) is 1. The van der Waals surface area contributed by atoms with E-state index < -0.39 is 0 Å². The summed E-state index contributed by atoms with van der Waals surface area (Å²) in [6, 6.07) is 6.54. The Bertz CT molecular complexity index is 1230. The minimum atomic E-state index is 0.427. The van der Waals surface area contributed by atoms with E-state index >= 15 is 0 Å². The average Bonchev–Trinajstić information content (AvgIpc) is 3.21. The SMILES string of the molecule is CCn1c(C)nc2ccc(-c3ccn4nc(NC5CC6(COC6)C5)ncc34)nc21. The van der Waals surface area contributed by atoms with Gasteiger partial charge in [0.25, 0.3) is 0 Å². The Morgan fingerprint density at radius 2 is 2.07 bits per heavy atom. The third kappa shape index (κ3) is 2.55. The smallest absolute Gasteiger partial charge is 0.241 e. The zero-order chi connectivity index (χ0) is 19.6.